The van der Waals surface area contributed by atoms with E-state index in [9.17, 15) is 23.5 Å². The number of carboxylic acid groups (broad SMARTS) is 1. The van der Waals surface area contributed by atoms with Crippen molar-refractivity contribution in [1.29, 1.82) is 0 Å². The van der Waals surface area contributed by atoms with E-state index in [1.54, 1.807) is 4.90 Å². The SMILES string of the molecule is COc1cnc(C(F)F)cc1-c1cc(N2CCN(C)CC2=O)ccc1C(=O)O. The van der Waals surface area contributed by atoms with Gasteiger partial charge in [0.1, 0.15) is 11.4 Å². The number of carbonyl (C=O) groups excluding carboxylic acids is 1. The standard InChI is InChI=1S/C19H19F2N3O4/c1-23-5-6-24(17(25)10-23)11-3-4-12(19(26)27)13(7-11)14-8-15(18(20)21)22-9-16(14)28-2/h3-4,7-9,18H,5-6,10H2,1-2H3,(H,26,27). The summed E-state index contributed by atoms with van der Waals surface area (Å²) in [6.07, 6.45) is -1.68. The number of halogens is 2. The van der Waals surface area contributed by atoms with Gasteiger partial charge in [0.15, 0.2) is 0 Å². The summed E-state index contributed by atoms with van der Waals surface area (Å²) in [4.78, 5) is 31.2. The van der Waals surface area contributed by atoms with Crippen molar-refractivity contribution in [2.24, 2.45) is 0 Å². The first kappa shape index (κ1) is 19.7. The summed E-state index contributed by atoms with van der Waals surface area (Å²) in [6, 6.07) is 5.53. The van der Waals surface area contributed by atoms with Crippen LogP contribution in [-0.2, 0) is 4.79 Å². The number of methoxy groups -OCH3 is 1. The highest BCUT2D eigenvalue weighted by molar-refractivity contribution is 6.01. The number of aromatic carboxylic acids is 1. The molecule has 2 aromatic rings. The van der Waals surface area contributed by atoms with Gasteiger partial charge in [-0.05, 0) is 31.3 Å². The number of carbonyl (C=O) groups is 2. The normalized spacial score (nSPS) is 15.2. The lowest BCUT2D eigenvalue weighted by molar-refractivity contribution is -0.120. The molecule has 7 nitrogen and oxygen atoms in total. The van der Waals surface area contributed by atoms with Crippen LogP contribution in [0.15, 0.2) is 30.5 Å². The van der Waals surface area contributed by atoms with E-state index in [-0.39, 0.29) is 34.9 Å². The summed E-state index contributed by atoms with van der Waals surface area (Å²) in [5.74, 6) is -1.18. The minimum atomic E-state index is -2.82. The Balaban J connectivity index is 2.15. The molecule has 0 bridgehead atoms. The van der Waals surface area contributed by atoms with Crippen molar-refractivity contribution >= 4 is 17.6 Å². The summed E-state index contributed by atoms with van der Waals surface area (Å²) < 4.78 is 31.5. The zero-order valence-electron chi connectivity index (χ0n) is 15.4. The predicted octanol–water partition coefficient (Wildman–Crippen LogP) is 2.67. The van der Waals surface area contributed by atoms with E-state index < -0.39 is 18.1 Å². The summed E-state index contributed by atoms with van der Waals surface area (Å²) in [7, 11) is 3.18. The fraction of sp³-hybridized carbons (Fsp3) is 0.316. The number of carboxylic acids is 1. The Bertz CT molecular complexity index is 920. The van der Waals surface area contributed by atoms with Crippen LogP contribution in [0.5, 0.6) is 5.75 Å². The fourth-order valence-corrected chi connectivity index (χ4v) is 3.12. The average molecular weight is 391 g/mol. The van der Waals surface area contributed by atoms with E-state index in [1.807, 2.05) is 11.9 Å². The number of rotatable bonds is 5. The number of likely N-dealkylation sites (N-methyl/N-ethyl adjacent to an activating group) is 1. The van der Waals surface area contributed by atoms with E-state index in [4.69, 9.17) is 4.74 Å². The maximum Gasteiger partial charge on any atom is 0.336 e. The minimum Gasteiger partial charge on any atom is -0.494 e. The molecule has 1 aromatic heterocycles. The summed E-state index contributed by atoms with van der Waals surface area (Å²) in [5.41, 5.74) is 0.269. The first-order valence-corrected chi connectivity index (χ1v) is 8.50. The fourth-order valence-electron chi connectivity index (χ4n) is 3.12. The molecule has 3 rings (SSSR count). The highest BCUT2D eigenvalue weighted by Gasteiger charge is 2.25. The molecule has 28 heavy (non-hydrogen) atoms. The number of nitrogens with zero attached hydrogens (tertiary/aromatic N) is 3. The van der Waals surface area contributed by atoms with Crippen molar-refractivity contribution < 1.29 is 28.2 Å². The molecule has 9 heteroatoms. The molecule has 1 amide bonds. The van der Waals surface area contributed by atoms with Crippen LogP contribution < -0.4 is 9.64 Å². The van der Waals surface area contributed by atoms with Gasteiger partial charge in [-0.2, -0.15) is 0 Å². The number of benzene rings is 1. The molecule has 1 saturated heterocycles. The molecule has 1 fully saturated rings. The van der Waals surface area contributed by atoms with Gasteiger partial charge in [-0.3, -0.25) is 14.7 Å². The van der Waals surface area contributed by atoms with Gasteiger partial charge in [0, 0.05) is 29.9 Å². The van der Waals surface area contributed by atoms with Crippen LogP contribution in [0.1, 0.15) is 22.5 Å². The first-order chi connectivity index (χ1) is 13.3. The molecule has 0 spiro atoms. The topological polar surface area (TPSA) is 83.0 Å². The van der Waals surface area contributed by atoms with Crippen LogP contribution in [0.2, 0.25) is 0 Å². The second kappa shape index (κ2) is 7.89. The maximum atomic E-state index is 13.1. The van der Waals surface area contributed by atoms with E-state index in [0.29, 0.717) is 18.8 Å². The number of ether oxygens (including phenoxy) is 1. The van der Waals surface area contributed by atoms with E-state index in [2.05, 4.69) is 4.98 Å². The second-order valence-electron chi connectivity index (χ2n) is 6.43. The van der Waals surface area contributed by atoms with Crippen LogP contribution in [0, 0.1) is 0 Å². The molecule has 0 unspecified atom stereocenters. The first-order valence-electron chi connectivity index (χ1n) is 8.50. The number of aromatic nitrogens is 1. The van der Waals surface area contributed by atoms with E-state index in [0.717, 1.165) is 12.3 Å². The van der Waals surface area contributed by atoms with Gasteiger partial charge in [-0.1, -0.05) is 0 Å². The Kier molecular flexibility index (Phi) is 5.55. The van der Waals surface area contributed by atoms with Crippen LogP contribution in [0.25, 0.3) is 11.1 Å². The van der Waals surface area contributed by atoms with Crippen molar-refractivity contribution in [2.75, 3.05) is 38.7 Å². The molecule has 1 aromatic carbocycles. The van der Waals surface area contributed by atoms with Crippen LogP contribution in [0.4, 0.5) is 14.5 Å². The van der Waals surface area contributed by atoms with E-state index >= 15 is 0 Å². The zero-order chi connectivity index (χ0) is 20.4. The lowest BCUT2D eigenvalue weighted by Gasteiger charge is -2.32. The Morgan fingerprint density at radius 2 is 2.00 bits per heavy atom. The quantitative estimate of drug-likeness (QED) is 0.844. The van der Waals surface area contributed by atoms with Gasteiger partial charge in [-0.15, -0.1) is 0 Å². The predicted molar refractivity (Wildman–Crippen MR) is 98.0 cm³/mol. The van der Waals surface area contributed by atoms with Gasteiger partial charge in [0.05, 0.1) is 25.4 Å². The number of anilines is 1. The second-order valence-corrected chi connectivity index (χ2v) is 6.43. The third kappa shape index (κ3) is 3.79. The monoisotopic (exact) mass is 391 g/mol. The smallest absolute Gasteiger partial charge is 0.336 e. The molecular formula is C19H19F2N3O4. The highest BCUT2D eigenvalue weighted by atomic mass is 19.3. The van der Waals surface area contributed by atoms with Crippen molar-refractivity contribution in [3.05, 3.63) is 41.7 Å². The molecule has 148 valence electrons. The molecule has 1 aliphatic rings. The Labute approximate surface area is 160 Å². The molecule has 1 N–H and O–H groups in total. The van der Waals surface area contributed by atoms with Gasteiger partial charge in [-0.25, -0.2) is 13.6 Å². The molecule has 1 aliphatic heterocycles. The van der Waals surface area contributed by atoms with Gasteiger partial charge in [0.2, 0.25) is 5.91 Å². The third-order valence-corrected chi connectivity index (χ3v) is 4.58. The lowest BCUT2D eigenvalue weighted by Crippen LogP contribution is -2.48. The number of hydrogen-bond donors (Lipinski definition) is 1. The largest absolute Gasteiger partial charge is 0.494 e. The van der Waals surface area contributed by atoms with Crippen molar-refractivity contribution in [3.63, 3.8) is 0 Å². The van der Waals surface area contributed by atoms with Crippen molar-refractivity contribution in [1.82, 2.24) is 9.88 Å². The van der Waals surface area contributed by atoms with Crippen LogP contribution >= 0.6 is 0 Å². The van der Waals surface area contributed by atoms with Gasteiger partial charge in [0.25, 0.3) is 6.43 Å². The summed E-state index contributed by atoms with van der Waals surface area (Å²) in [5, 5.41) is 9.57. The molecular weight excluding hydrogens is 372 g/mol. The molecule has 0 aliphatic carbocycles. The average Bonchev–Trinajstić information content (AvgIpc) is 2.66. The number of alkyl halides is 2. The lowest BCUT2D eigenvalue weighted by atomic mass is 9.97. The van der Waals surface area contributed by atoms with Crippen molar-refractivity contribution in [3.8, 4) is 16.9 Å². The Hall–Kier alpha value is -3.07. The minimum absolute atomic E-state index is 0.0879. The van der Waals surface area contributed by atoms with Crippen molar-refractivity contribution in [2.45, 2.75) is 6.43 Å². The number of hydrogen-bond acceptors (Lipinski definition) is 5. The zero-order valence-corrected chi connectivity index (χ0v) is 15.4. The molecule has 0 atom stereocenters. The summed E-state index contributed by atoms with van der Waals surface area (Å²) in [6.45, 7) is 1.34. The number of amides is 1. The molecule has 2 heterocycles. The Morgan fingerprint density at radius 3 is 2.61 bits per heavy atom. The highest BCUT2D eigenvalue weighted by Crippen LogP contribution is 2.36. The van der Waals surface area contributed by atoms with Gasteiger partial charge < -0.3 is 14.7 Å². The summed E-state index contributed by atoms with van der Waals surface area (Å²) >= 11 is 0. The third-order valence-electron chi connectivity index (χ3n) is 4.58. The van der Waals surface area contributed by atoms with E-state index in [1.165, 1.54) is 25.3 Å². The van der Waals surface area contributed by atoms with Crippen LogP contribution in [0.3, 0.4) is 0 Å². The number of piperazine rings is 1. The van der Waals surface area contributed by atoms with Gasteiger partial charge >= 0.3 is 5.97 Å². The Morgan fingerprint density at radius 1 is 1.25 bits per heavy atom. The van der Waals surface area contributed by atoms with Crippen LogP contribution in [-0.4, -0.2) is 60.7 Å². The number of pyridine rings is 1. The molecule has 0 radical (unpaired) electrons. The maximum absolute atomic E-state index is 13.1. The molecule has 0 saturated carbocycles.